The number of nitro benzene ring substituents is 1. The van der Waals surface area contributed by atoms with Crippen molar-refractivity contribution in [3.8, 4) is 11.5 Å². The highest BCUT2D eigenvalue weighted by Crippen LogP contribution is 2.30. The van der Waals surface area contributed by atoms with Crippen LogP contribution in [-0.2, 0) is 0 Å². The Bertz CT molecular complexity index is 810. The van der Waals surface area contributed by atoms with Crippen LogP contribution in [0.2, 0.25) is 5.02 Å². The number of benzene rings is 2. The lowest BCUT2D eigenvalue weighted by atomic mass is 10.1. The van der Waals surface area contributed by atoms with E-state index in [1.165, 1.54) is 19.2 Å². The molecule has 1 N–H and O–H groups in total. The van der Waals surface area contributed by atoms with Gasteiger partial charge >= 0.3 is 0 Å². The van der Waals surface area contributed by atoms with E-state index in [4.69, 9.17) is 21.1 Å². The van der Waals surface area contributed by atoms with Crippen LogP contribution in [0.5, 0.6) is 11.5 Å². The minimum atomic E-state index is -0.570. The second-order valence-electron chi connectivity index (χ2n) is 5.23. The van der Waals surface area contributed by atoms with Gasteiger partial charge in [-0.1, -0.05) is 17.7 Å². The van der Waals surface area contributed by atoms with Gasteiger partial charge in [-0.2, -0.15) is 0 Å². The maximum Gasteiger partial charge on any atom is 0.270 e. The normalized spacial score (nSPS) is 11.5. The van der Waals surface area contributed by atoms with Crippen LogP contribution in [0.4, 0.5) is 5.69 Å². The molecule has 25 heavy (non-hydrogen) atoms. The summed E-state index contributed by atoms with van der Waals surface area (Å²) in [6.07, 6.45) is 0. The van der Waals surface area contributed by atoms with Gasteiger partial charge in [0.2, 0.25) is 0 Å². The molecule has 1 amide bonds. The van der Waals surface area contributed by atoms with Gasteiger partial charge in [-0.05, 0) is 30.7 Å². The summed E-state index contributed by atoms with van der Waals surface area (Å²) in [6, 6.07) is 8.70. The predicted octanol–water partition coefficient (Wildman–Crippen LogP) is 3.76. The monoisotopic (exact) mass is 364 g/mol. The van der Waals surface area contributed by atoms with Gasteiger partial charge < -0.3 is 14.8 Å². The molecule has 2 aromatic carbocycles. The standard InChI is InChI=1S/C17H17ClN2O5/c1-10(11-4-7-15(24-2)16(8-11)25-3)19-17(21)13-6-5-12(20(22)23)9-14(13)18/h4-10H,1-3H3,(H,19,21)/t10-/m0/s1. The number of ether oxygens (including phenoxy) is 2. The number of carbonyl (C=O) groups excluding carboxylic acids is 1. The third-order valence-corrected chi connectivity index (χ3v) is 3.98. The van der Waals surface area contributed by atoms with E-state index in [2.05, 4.69) is 5.32 Å². The third kappa shape index (κ3) is 4.19. The largest absolute Gasteiger partial charge is 0.493 e. The van der Waals surface area contributed by atoms with Crippen LogP contribution in [0.1, 0.15) is 28.9 Å². The number of rotatable bonds is 6. The quantitative estimate of drug-likeness (QED) is 0.622. The highest BCUT2D eigenvalue weighted by molar-refractivity contribution is 6.34. The molecule has 1 atom stereocenters. The first kappa shape index (κ1) is 18.5. The van der Waals surface area contributed by atoms with Crippen LogP contribution in [-0.4, -0.2) is 25.1 Å². The fourth-order valence-corrected chi connectivity index (χ4v) is 2.54. The highest BCUT2D eigenvalue weighted by Gasteiger charge is 2.18. The minimum absolute atomic E-state index is 0.0196. The average Bonchev–Trinajstić information content (AvgIpc) is 2.60. The van der Waals surface area contributed by atoms with E-state index in [0.29, 0.717) is 11.5 Å². The van der Waals surface area contributed by atoms with E-state index in [1.807, 2.05) is 6.07 Å². The van der Waals surface area contributed by atoms with Crippen molar-refractivity contribution in [2.45, 2.75) is 13.0 Å². The Balaban J connectivity index is 2.19. The van der Waals surface area contributed by atoms with Crippen molar-refractivity contribution in [1.82, 2.24) is 5.32 Å². The Morgan fingerprint density at radius 1 is 1.16 bits per heavy atom. The molecule has 0 saturated heterocycles. The fraction of sp³-hybridized carbons (Fsp3) is 0.235. The Hall–Kier alpha value is -2.80. The molecule has 132 valence electrons. The van der Waals surface area contributed by atoms with Crippen LogP contribution >= 0.6 is 11.6 Å². The molecule has 0 saturated carbocycles. The lowest BCUT2D eigenvalue weighted by Crippen LogP contribution is -2.27. The molecule has 0 fully saturated rings. The van der Waals surface area contributed by atoms with Gasteiger partial charge in [0.05, 0.1) is 35.8 Å². The summed E-state index contributed by atoms with van der Waals surface area (Å²) in [4.78, 5) is 22.6. The second-order valence-corrected chi connectivity index (χ2v) is 5.64. The first-order valence-electron chi connectivity index (χ1n) is 7.34. The summed E-state index contributed by atoms with van der Waals surface area (Å²) >= 11 is 5.98. The van der Waals surface area contributed by atoms with Crippen molar-refractivity contribution in [3.63, 3.8) is 0 Å². The third-order valence-electron chi connectivity index (χ3n) is 3.66. The Kier molecular flexibility index (Phi) is 5.82. The second kappa shape index (κ2) is 7.85. The topological polar surface area (TPSA) is 90.7 Å². The number of hydrogen-bond donors (Lipinski definition) is 1. The van der Waals surface area contributed by atoms with E-state index in [9.17, 15) is 14.9 Å². The van der Waals surface area contributed by atoms with Gasteiger partial charge in [0.15, 0.2) is 11.5 Å². The Labute approximate surface area is 149 Å². The molecular formula is C17H17ClN2O5. The van der Waals surface area contributed by atoms with Gasteiger partial charge in [0.25, 0.3) is 11.6 Å². The smallest absolute Gasteiger partial charge is 0.270 e. The molecule has 2 rings (SSSR count). The molecule has 0 aliphatic carbocycles. The molecular weight excluding hydrogens is 348 g/mol. The van der Waals surface area contributed by atoms with E-state index in [1.54, 1.807) is 26.2 Å². The number of carbonyl (C=O) groups is 1. The molecule has 0 unspecified atom stereocenters. The van der Waals surface area contributed by atoms with Crippen LogP contribution < -0.4 is 14.8 Å². The lowest BCUT2D eigenvalue weighted by Gasteiger charge is -2.17. The van der Waals surface area contributed by atoms with E-state index in [-0.39, 0.29) is 22.3 Å². The molecule has 0 aliphatic heterocycles. The number of non-ortho nitro benzene ring substituents is 1. The average molecular weight is 365 g/mol. The van der Waals surface area contributed by atoms with Crippen LogP contribution in [0.3, 0.4) is 0 Å². The molecule has 0 aromatic heterocycles. The molecule has 0 aliphatic rings. The van der Waals surface area contributed by atoms with Crippen molar-refractivity contribution in [3.05, 3.63) is 62.7 Å². The molecule has 0 bridgehead atoms. The number of nitro groups is 1. The summed E-state index contributed by atoms with van der Waals surface area (Å²) in [6.45, 7) is 1.80. The van der Waals surface area contributed by atoms with Crippen molar-refractivity contribution < 1.29 is 19.2 Å². The van der Waals surface area contributed by atoms with Crippen LogP contribution in [0, 0.1) is 10.1 Å². The number of amides is 1. The lowest BCUT2D eigenvalue weighted by molar-refractivity contribution is -0.384. The van der Waals surface area contributed by atoms with Crippen molar-refractivity contribution in [2.75, 3.05) is 14.2 Å². The summed E-state index contributed by atoms with van der Waals surface area (Å²) < 4.78 is 10.4. The van der Waals surface area contributed by atoms with Gasteiger partial charge in [-0.25, -0.2) is 0 Å². The Morgan fingerprint density at radius 2 is 1.84 bits per heavy atom. The van der Waals surface area contributed by atoms with Gasteiger partial charge in [0.1, 0.15) is 0 Å². The van der Waals surface area contributed by atoms with Crippen molar-refractivity contribution in [2.24, 2.45) is 0 Å². The Morgan fingerprint density at radius 3 is 2.40 bits per heavy atom. The van der Waals surface area contributed by atoms with Crippen molar-refractivity contribution >= 4 is 23.2 Å². The summed E-state index contributed by atoms with van der Waals surface area (Å²) in [5.74, 6) is 0.708. The molecule has 2 aromatic rings. The van der Waals surface area contributed by atoms with Gasteiger partial charge in [0, 0.05) is 12.1 Å². The molecule has 0 radical (unpaired) electrons. The predicted molar refractivity (Wildman–Crippen MR) is 93.5 cm³/mol. The molecule has 7 nitrogen and oxygen atoms in total. The number of methoxy groups -OCH3 is 2. The van der Waals surface area contributed by atoms with Gasteiger partial charge in [-0.3, -0.25) is 14.9 Å². The maximum absolute atomic E-state index is 12.4. The van der Waals surface area contributed by atoms with Crippen LogP contribution in [0.25, 0.3) is 0 Å². The van der Waals surface area contributed by atoms with E-state index in [0.717, 1.165) is 11.6 Å². The van der Waals surface area contributed by atoms with E-state index >= 15 is 0 Å². The maximum atomic E-state index is 12.4. The zero-order valence-corrected chi connectivity index (χ0v) is 14.7. The minimum Gasteiger partial charge on any atom is -0.493 e. The molecule has 0 heterocycles. The molecule has 8 heteroatoms. The van der Waals surface area contributed by atoms with Crippen molar-refractivity contribution in [1.29, 1.82) is 0 Å². The SMILES string of the molecule is COc1ccc([C@H](C)NC(=O)c2ccc([N+](=O)[O-])cc2Cl)cc1OC. The van der Waals surface area contributed by atoms with Crippen LogP contribution in [0.15, 0.2) is 36.4 Å². The summed E-state index contributed by atoms with van der Waals surface area (Å²) in [5, 5.41) is 13.6. The summed E-state index contributed by atoms with van der Waals surface area (Å²) in [5.41, 5.74) is 0.804. The molecule has 0 spiro atoms. The number of halogens is 1. The number of nitrogens with one attached hydrogen (secondary N) is 1. The summed E-state index contributed by atoms with van der Waals surface area (Å²) in [7, 11) is 3.07. The number of nitrogens with zero attached hydrogens (tertiary/aromatic N) is 1. The first-order valence-corrected chi connectivity index (χ1v) is 7.72. The first-order chi connectivity index (χ1) is 11.9. The number of hydrogen-bond acceptors (Lipinski definition) is 5. The van der Waals surface area contributed by atoms with E-state index < -0.39 is 10.8 Å². The zero-order chi connectivity index (χ0) is 18.6. The highest BCUT2D eigenvalue weighted by atomic mass is 35.5. The zero-order valence-electron chi connectivity index (χ0n) is 13.9. The fourth-order valence-electron chi connectivity index (χ4n) is 2.28. The van der Waals surface area contributed by atoms with Gasteiger partial charge in [-0.15, -0.1) is 0 Å².